The third kappa shape index (κ3) is 23.1. The summed E-state index contributed by atoms with van der Waals surface area (Å²) >= 11 is 0. The predicted octanol–water partition coefficient (Wildman–Crippen LogP) is 11.6. The maximum absolute atomic E-state index is 13.0. The molecule has 1 fully saturated rings. The lowest BCUT2D eigenvalue weighted by Gasteiger charge is -2.25. The number of hydrogen-bond donors (Lipinski definition) is 0. The first-order chi connectivity index (χ1) is 20.7. The molecule has 254 valence electrons. The second kappa shape index (κ2) is 26.3. The lowest BCUT2D eigenvalue weighted by Crippen LogP contribution is -2.36. The van der Waals surface area contributed by atoms with Crippen molar-refractivity contribution in [1.29, 1.82) is 0 Å². The normalized spacial score (nSPS) is 17.2. The van der Waals surface area contributed by atoms with Crippen molar-refractivity contribution in [3.05, 3.63) is 0 Å². The van der Waals surface area contributed by atoms with Gasteiger partial charge < -0.3 is 9.64 Å². The molecule has 1 aliphatic rings. The van der Waals surface area contributed by atoms with Crippen LogP contribution in [0.3, 0.4) is 0 Å². The molecule has 1 aliphatic heterocycles. The van der Waals surface area contributed by atoms with Gasteiger partial charge in [-0.15, -0.1) is 0 Å². The minimum atomic E-state index is 0.186. The Kier molecular flexibility index (Phi) is 24.6. The van der Waals surface area contributed by atoms with Crippen molar-refractivity contribution >= 4 is 11.7 Å². The van der Waals surface area contributed by atoms with Gasteiger partial charge in [-0.3, -0.25) is 9.59 Å². The van der Waals surface area contributed by atoms with Crippen LogP contribution in [0.1, 0.15) is 202 Å². The van der Waals surface area contributed by atoms with Crippen LogP contribution in [0.4, 0.5) is 0 Å². The number of ketones is 1. The molecule has 0 N–H and O–H groups in total. The van der Waals surface area contributed by atoms with Crippen molar-refractivity contribution in [3.8, 4) is 0 Å². The monoisotopic (exact) mass is 606 g/mol. The summed E-state index contributed by atoms with van der Waals surface area (Å²) in [6.45, 7) is 14.1. The second-order valence-electron chi connectivity index (χ2n) is 15.0. The Balaban J connectivity index is 1.94. The van der Waals surface area contributed by atoms with Gasteiger partial charge in [0.2, 0.25) is 5.91 Å². The van der Waals surface area contributed by atoms with E-state index in [4.69, 9.17) is 4.74 Å². The van der Waals surface area contributed by atoms with E-state index in [0.717, 1.165) is 76.7 Å². The molecule has 0 radical (unpaired) electrons. The molecule has 2 atom stereocenters. The lowest BCUT2D eigenvalue weighted by atomic mass is 10.0. The first-order valence-electron chi connectivity index (χ1n) is 19.2. The van der Waals surface area contributed by atoms with E-state index in [1.54, 1.807) is 0 Å². The van der Waals surface area contributed by atoms with Crippen LogP contribution in [0.5, 0.6) is 0 Å². The van der Waals surface area contributed by atoms with Crippen LogP contribution < -0.4 is 0 Å². The zero-order valence-corrected chi connectivity index (χ0v) is 29.9. The van der Waals surface area contributed by atoms with Gasteiger partial charge in [-0.1, -0.05) is 130 Å². The Hall–Kier alpha value is -0.900. The number of likely N-dealkylation sites (tertiary alicyclic amines) is 1. The molecule has 43 heavy (non-hydrogen) atoms. The Labute approximate surface area is 269 Å². The molecule has 0 aromatic rings. The highest BCUT2D eigenvalue weighted by Gasteiger charge is 2.35. The van der Waals surface area contributed by atoms with Crippen LogP contribution in [-0.2, 0) is 14.3 Å². The first kappa shape index (κ1) is 40.1. The second-order valence-corrected chi connectivity index (χ2v) is 15.0. The zero-order chi connectivity index (χ0) is 31.7. The molecule has 1 heterocycles. The fourth-order valence-corrected chi connectivity index (χ4v) is 6.68. The van der Waals surface area contributed by atoms with Crippen molar-refractivity contribution in [1.82, 2.24) is 4.90 Å². The molecule has 4 heteroatoms. The number of hydrogen-bond acceptors (Lipinski definition) is 3. The van der Waals surface area contributed by atoms with Gasteiger partial charge in [0, 0.05) is 31.8 Å². The number of nitrogens with zero attached hydrogens (tertiary/aromatic N) is 1. The Bertz CT molecular complexity index is 673. The van der Waals surface area contributed by atoms with Gasteiger partial charge in [0.1, 0.15) is 5.78 Å². The number of Topliss-reactive ketones (excluding diaryl/α,β-unsaturated/α-hetero) is 1. The number of unbranched alkanes of at least 4 members (excludes halogenated alkanes) is 16. The van der Waals surface area contributed by atoms with E-state index in [0.29, 0.717) is 30.1 Å². The van der Waals surface area contributed by atoms with Gasteiger partial charge in [0.05, 0.1) is 12.2 Å². The largest absolute Gasteiger partial charge is 0.374 e. The standard InChI is InChI=1S/C39H75NO3/c1-33(2)25-21-17-15-13-11-9-7-8-10-12-14-16-18-22-26-37(41)27-23-19-20-24-28-39(42)40-32-38(43-35(5)6)31-36(40)30-29-34(3)4/h33-36,38H,7-32H2,1-6H3/t36-,38-/m1/s1. The summed E-state index contributed by atoms with van der Waals surface area (Å²) in [4.78, 5) is 27.4. The van der Waals surface area contributed by atoms with Gasteiger partial charge in [0.15, 0.2) is 0 Å². The molecule has 1 rings (SSSR count). The van der Waals surface area contributed by atoms with Crippen LogP contribution in [0.15, 0.2) is 0 Å². The van der Waals surface area contributed by atoms with Crippen molar-refractivity contribution in [2.75, 3.05) is 6.54 Å². The Morgan fingerprint density at radius 3 is 1.44 bits per heavy atom. The number of carbonyl (C=O) groups is 2. The molecule has 0 aliphatic carbocycles. The highest BCUT2D eigenvalue weighted by molar-refractivity contribution is 5.78. The summed E-state index contributed by atoms with van der Waals surface area (Å²) < 4.78 is 6.07. The summed E-state index contributed by atoms with van der Waals surface area (Å²) in [6.07, 6.45) is 30.3. The minimum absolute atomic E-state index is 0.186. The third-order valence-electron chi connectivity index (χ3n) is 9.32. The highest BCUT2D eigenvalue weighted by atomic mass is 16.5. The average Bonchev–Trinajstić information content (AvgIpc) is 3.35. The molecular formula is C39H75NO3. The molecule has 0 unspecified atom stereocenters. The van der Waals surface area contributed by atoms with Crippen LogP contribution in [0, 0.1) is 11.8 Å². The van der Waals surface area contributed by atoms with E-state index in [2.05, 4.69) is 46.4 Å². The molecule has 0 aromatic carbocycles. The topological polar surface area (TPSA) is 46.6 Å². The lowest BCUT2D eigenvalue weighted by molar-refractivity contribution is -0.133. The molecule has 0 aromatic heterocycles. The summed E-state index contributed by atoms with van der Waals surface area (Å²) in [6, 6.07) is 0.338. The number of ether oxygens (including phenoxy) is 1. The minimum Gasteiger partial charge on any atom is -0.374 e. The summed E-state index contributed by atoms with van der Waals surface area (Å²) in [5.41, 5.74) is 0. The molecule has 0 saturated carbocycles. The van der Waals surface area contributed by atoms with E-state index >= 15 is 0 Å². The van der Waals surface area contributed by atoms with Crippen LogP contribution in [0.25, 0.3) is 0 Å². The van der Waals surface area contributed by atoms with E-state index in [9.17, 15) is 9.59 Å². The van der Waals surface area contributed by atoms with E-state index in [-0.39, 0.29) is 12.2 Å². The number of rotatable bonds is 29. The summed E-state index contributed by atoms with van der Waals surface area (Å²) in [5, 5.41) is 0. The van der Waals surface area contributed by atoms with Gasteiger partial charge in [-0.05, 0) is 64.2 Å². The van der Waals surface area contributed by atoms with Crippen molar-refractivity contribution in [2.45, 2.75) is 220 Å². The summed E-state index contributed by atoms with van der Waals surface area (Å²) in [5.74, 6) is 2.28. The maximum atomic E-state index is 13.0. The van der Waals surface area contributed by atoms with Crippen LogP contribution >= 0.6 is 0 Å². The highest BCUT2D eigenvalue weighted by Crippen LogP contribution is 2.27. The molecule has 0 spiro atoms. The quantitative estimate of drug-likeness (QED) is 0.0797. The smallest absolute Gasteiger partial charge is 0.222 e. The van der Waals surface area contributed by atoms with Crippen molar-refractivity contribution < 1.29 is 14.3 Å². The fraction of sp³-hybridized carbons (Fsp3) is 0.949. The van der Waals surface area contributed by atoms with Gasteiger partial charge in [-0.25, -0.2) is 0 Å². The molecule has 1 amide bonds. The maximum Gasteiger partial charge on any atom is 0.222 e. The molecular weight excluding hydrogens is 530 g/mol. The zero-order valence-electron chi connectivity index (χ0n) is 29.9. The Morgan fingerprint density at radius 1 is 0.581 bits per heavy atom. The third-order valence-corrected chi connectivity index (χ3v) is 9.32. The SMILES string of the molecule is CC(C)CCCCCCCCCCCCCCCCC(=O)CCCCCCC(=O)N1C[C@H](OC(C)C)C[C@H]1CCC(C)C. The van der Waals surface area contributed by atoms with Crippen LogP contribution in [-0.4, -0.2) is 41.4 Å². The molecule has 4 nitrogen and oxygen atoms in total. The predicted molar refractivity (Wildman–Crippen MR) is 186 cm³/mol. The van der Waals surface area contributed by atoms with Gasteiger partial charge >= 0.3 is 0 Å². The van der Waals surface area contributed by atoms with Gasteiger partial charge in [-0.2, -0.15) is 0 Å². The number of carbonyl (C=O) groups excluding carboxylic acids is 2. The molecule has 1 saturated heterocycles. The number of amides is 1. The van der Waals surface area contributed by atoms with Gasteiger partial charge in [0.25, 0.3) is 0 Å². The summed E-state index contributed by atoms with van der Waals surface area (Å²) in [7, 11) is 0. The van der Waals surface area contributed by atoms with Crippen LogP contribution in [0.2, 0.25) is 0 Å². The first-order valence-corrected chi connectivity index (χ1v) is 19.2. The molecule has 0 bridgehead atoms. The average molecular weight is 606 g/mol. The van der Waals surface area contributed by atoms with Crippen molar-refractivity contribution in [2.24, 2.45) is 11.8 Å². The Morgan fingerprint density at radius 2 is 1.00 bits per heavy atom. The fourth-order valence-electron chi connectivity index (χ4n) is 6.68. The van der Waals surface area contributed by atoms with E-state index in [1.807, 2.05) is 0 Å². The van der Waals surface area contributed by atoms with E-state index < -0.39 is 0 Å². The van der Waals surface area contributed by atoms with Crippen molar-refractivity contribution in [3.63, 3.8) is 0 Å². The van der Waals surface area contributed by atoms with E-state index in [1.165, 1.54) is 89.9 Å².